The number of hydroxylamine groups is 1. The quantitative estimate of drug-likeness (QED) is 0.500. The fourth-order valence-electron chi connectivity index (χ4n) is 2.63. The second-order valence-electron chi connectivity index (χ2n) is 6.11. The van der Waals surface area contributed by atoms with Crippen molar-refractivity contribution in [1.82, 2.24) is 5.48 Å². The normalized spacial score (nSPS) is 11.4. The fraction of sp³-hybridized carbons (Fsp3) is 0.300. The summed E-state index contributed by atoms with van der Waals surface area (Å²) in [5, 5.41) is 8.74. The van der Waals surface area contributed by atoms with Gasteiger partial charge in [0.1, 0.15) is 0 Å². The molecule has 2 rings (SSSR count). The van der Waals surface area contributed by atoms with E-state index in [-0.39, 0.29) is 0 Å². The SMILES string of the molecule is C=C(Cc1ccc(CCCCc2ccc(C(F)(F)F)cc2)cc1)NO. The molecule has 25 heavy (non-hydrogen) atoms. The first-order valence-electron chi connectivity index (χ1n) is 8.20. The van der Waals surface area contributed by atoms with Crippen molar-refractivity contribution in [2.45, 2.75) is 38.3 Å². The Balaban J connectivity index is 1.75. The lowest BCUT2D eigenvalue weighted by Crippen LogP contribution is -2.07. The summed E-state index contributed by atoms with van der Waals surface area (Å²) in [7, 11) is 0. The Morgan fingerprint density at radius 2 is 1.28 bits per heavy atom. The molecule has 0 atom stereocenters. The van der Waals surface area contributed by atoms with Gasteiger partial charge < -0.3 is 0 Å². The number of benzene rings is 2. The summed E-state index contributed by atoms with van der Waals surface area (Å²) in [5.41, 5.74) is 5.20. The highest BCUT2D eigenvalue weighted by Crippen LogP contribution is 2.29. The molecular formula is C20H22F3NO. The maximum atomic E-state index is 12.5. The lowest BCUT2D eigenvalue weighted by molar-refractivity contribution is -0.137. The zero-order valence-electron chi connectivity index (χ0n) is 13.9. The van der Waals surface area contributed by atoms with Crippen LogP contribution in [0.3, 0.4) is 0 Å². The number of allylic oxidation sites excluding steroid dienone is 1. The van der Waals surface area contributed by atoms with E-state index in [1.54, 1.807) is 12.1 Å². The third kappa shape index (κ3) is 6.27. The highest BCUT2D eigenvalue weighted by atomic mass is 19.4. The number of hydrogen-bond acceptors (Lipinski definition) is 2. The average Bonchev–Trinajstić information content (AvgIpc) is 2.59. The van der Waals surface area contributed by atoms with E-state index in [2.05, 4.69) is 18.7 Å². The maximum absolute atomic E-state index is 12.5. The number of aryl methyl sites for hydroxylation is 2. The Kier molecular flexibility index (Phi) is 6.65. The van der Waals surface area contributed by atoms with Crippen LogP contribution in [0.2, 0.25) is 0 Å². The fourth-order valence-corrected chi connectivity index (χ4v) is 2.63. The van der Waals surface area contributed by atoms with Gasteiger partial charge >= 0.3 is 6.18 Å². The Labute approximate surface area is 146 Å². The van der Waals surface area contributed by atoms with Crippen LogP contribution < -0.4 is 5.48 Å². The molecule has 5 heteroatoms. The number of nitrogens with one attached hydrogen (secondary N) is 1. The van der Waals surface area contributed by atoms with Gasteiger partial charge in [0.25, 0.3) is 0 Å². The Morgan fingerprint density at radius 3 is 1.72 bits per heavy atom. The van der Waals surface area contributed by atoms with Crippen LogP contribution in [0.4, 0.5) is 13.2 Å². The zero-order valence-corrected chi connectivity index (χ0v) is 13.9. The Morgan fingerprint density at radius 1 is 0.840 bits per heavy atom. The number of rotatable bonds is 8. The van der Waals surface area contributed by atoms with Crippen LogP contribution in [-0.4, -0.2) is 5.21 Å². The topological polar surface area (TPSA) is 32.3 Å². The number of unbranched alkanes of at least 4 members (excludes halogenated alkanes) is 1. The third-order valence-electron chi connectivity index (χ3n) is 4.06. The van der Waals surface area contributed by atoms with Gasteiger partial charge in [0.15, 0.2) is 0 Å². The van der Waals surface area contributed by atoms with Crippen molar-refractivity contribution < 1.29 is 18.4 Å². The number of alkyl halides is 3. The maximum Gasteiger partial charge on any atom is 0.416 e. The van der Waals surface area contributed by atoms with Crippen LogP contribution in [0.15, 0.2) is 60.8 Å². The summed E-state index contributed by atoms with van der Waals surface area (Å²) in [5.74, 6) is 0. The van der Waals surface area contributed by atoms with Crippen molar-refractivity contribution >= 4 is 0 Å². The first-order valence-corrected chi connectivity index (χ1v) is 8.20. The van der Waals surface area contributed by atoms with E-state index in [4.69, 9.17) is 5.21 Å². The molecule has 0 fully saturated rings. The molecule has 0 spiro atoms. The molecule has 0 unspecified atom stereocenters. The highest BCUT2D eigenvalue weighted by Gasteiger charge is 2.29. The van der Waals surface area contributed by atoms with Gasteiger partial charge in [-0.05, 0) is 54.5 Å². The molecule has 0 radical (unpaired) electrons. The van der Waals surface area contributed by atoms with Gasteiger partial charge in [0.2, 0.25) is 0 Å². The van der Waals surface area contributed by atoms with E-state index in [1.807, 2.05) is 17.6 Å². The molecule has 0 saturated carbocycles. The molecule has 0 aliphatic carbocycles. The average molecular weight is 349 g/mol. The lowest BCUT2D eigenvalue weighted by atomic mass is 10.0. The second-order valence-corrected chi connectivity index (χ2v) is 6.11. The number of hydrogen-bond donors (Lipinski definition) is 2. The molecule has 0 aliphatic heterocycles. The van der Waals surface area contributed by atoms with Crippen molar-refractivity contribution in [2.75, 3.05) is 0 Å². The highest BCUT2D eigenvalue weighted by molar-refractivity contribution is 5.26. The van der Waals surface area contributed by atoms with Crippen molar-refractivity contribution in [2.24, 2.45) is 0 Å². The van der Waals surface area contributed by atoms with E-state index in [1.165, 1.54) is 5.56 Å². The zero-order chi connectivity index (χ0) is 18.3. The van der Waals surface area contributed by atoms with E-state index < -0.39 is 11.7 Å². The van der Waals surface area contributed by atoms with Gasteiger partial charge in [-0.2, -0.15) is 13.2 Å². The second kappa shape index (κ2) is 8.72. The molecule has 0 aliphatic rings. The molecule has 2 N–H and O–H groups in total. The van der Waals surface area contributed by atoms with Crippen molar-refractivity contribution in [3.8, 4) is 0 Å². The predicted molar refractivity (Wildman–Crippen MR) is 92.3 cm³/mol. The van der Waals surface area contributed by atoms with E-state index in [9.17, 15) is 13.2 Å². The largest absolute Gasteiger partial charge is 0.416 e. The molecule has 0 saturated heterocycles. The minimum Gasteiger partial charge on any atom is -0.291 e. The van der Waals surface area contributed by atoms with Crippen molar-refractivity contribution in [3.63, 3.8) is 0 Å². The Hall–Kier alpha value is -2.27. The van der Waals surface area contributed by atoms with Gasteiger partial charge in [-0.1, -0.05) is 43.0 Å². The molecule has 0 heterocycles. The van der Waals surface area contributed by atoms with Crippen LogP contribution >= 0.6 is 0 Å². The van der Waals surface area contributed by atoms with Gasteiger partial charge in [-0.3, -0.25) is 10.7 Å². The van der Waals surface area contributed by atoms with Crippen LogP contribution in [0.25, 0.3) is 0 Å². The molecule has 2 aromatic carbocycles. The summed E-state index contributed by atoms with van der Waals surface area (Å²) < 4.78 is 37.5. The van der Waals surface area contributed by atoms with E-state index in [0.717, 1.165) is 48.9 Å². The summed E-state index contributed by atoms with van der Waals surface area (Å²) in [4.78, 5) is 0. The molecule has 0 amide bonds. The lowest BCUT2D eigenvalue weighted by Gasteiger charge is -2.08. The summed E-state index contributed by atoms with van der Waals surface area (Å²) >= 11 is 0. The van der Waals surface area contributed by atoms with Crippen LogP contribution in [0.5, 0.6) is 0 Å². The van der Waals surface area contributed by atoms with Gasteiger partial charge in [-0.25, -0.2) is 0 Å². The first-order chi connectivity index (χ1) is 11.9. The minimum absolute atomic E-state index is 0.546. The van der Waals surface area contributed by atoms with E-state index >= 15 is 0 Å². The van der Waals surface area contributed by atoms with Crippen molar-refractivity contribution in [1.29, 1.82) is 0 Å². The summed E-state index contributed by atoms with van der Waals surface area (Å²) in [6.45, 7) is 3.68. The smallest absolute Gasteiger partial charge is 0.291 e. The summed E-state index contributed by atoms with van der Waals surface area (Å²) in [6.07, 6.45) is -0.0864. The van der Waals surface area contributed by atoms with Crippen LogP contribution in [0, 0.1) is 0 Å². The standard InChI is InChI=1S/C20H22F3NO/c1-15(24-25)14-18-8-6-16(7-9-18)4-2-3-5-17-10-12-19(13-11-17)20(21,22)23/h6-13,24-25H,1-5,14H2. The molecule has 2 aromatic rings. The van der Waals surface area contributed by atoms with Crippen LogP contribution in [0.1, 0.15) is 35.1 Å². The van der Waals surface area contributed by atoms with Crippen molar-refractivity contribution in [3.05, 3.63) is 83.1 Å². The molecule has 0 aromatic heterocycles. The first kappa shape index (κ1) is 19.1. The summed E-state index contributed by atoms with van der Waals surface area (Å²) in [6, 6.07) is 13.5. The van der Waals surface area contributed by atoms with Gasteiger partial charge in [0.05, 0.1) is 5.56 Å². The minimum atomic E-state index is -4.27. The van der Waals surface area contributed by atoms with Gasteiger partial charge in [-0.15, -0.1) is 0 Å². The Bertz CT molecular complexity index is 676. The van der Waals surface area contributed by atoms with Crippen LogP contribution in [-0.2, 0) is 25.4 Å². The third-order valence-corrected chi connectivity index (χ3v) is 4.06. The van der Waals surface area contributed by atoms with Gasteiger partial charge in [0, 0.05) is 12.1 Å². The predicted octanol–water partition coefficient (Wildman–Crippen LogP) is 5.31. The molecule has 134 valence electrons. The number of halogens is 3. The monoisotopic (exact) mass is 349 g/mol. The van der Waals surface area contributed by atoms with E-state index in [0.29, 0.717) is 12.1 Å². The molecule has 2 nitrogen and oxygen atoms in total. The molecular weight excluding hydrogens is 327 g/mol. The molecule has 0 bridgehead atoms.